The van der Waals surface area contributed by atoms with Crippen LogP contribution in [0.25, 0.3) is 16.9 Å². The van der Waals surface area contributed by atoms with E-state index in [1.807, 2.05) is 30.3 Å². The van der Waals surface area contributed by atoms with E-state index in [9.17, 15) is 4.79 Å². The van der Waals surface area contributed by atoms with Crippen LogP contribution in [-0.4, -0.2) is 25.8 Å². The Labute approximate surface area is 118 Å². The Balaban J connectivity index is 2.16. The average molecular weight is 289 g/mol. The van der Waals surface area contributed by atoms with E-state index < -0.39 is 6.09 Å². The van der Waals surface area contributed by atoms with Crippen molar-refractivity contribution in [2.75, 3.05) is 5.32 Å². The van der Waals surface area contributed by atoms with Gasteiger partial charge in [-0.1, -0.05) is 29.8 Å². The number of rotatable bonds is 2. The molecule has 1 amide bonds. The largest absolute Gasteiger partial charge is 0.465 e. The monoisotopic (exact) mass is 288 g/mol. The van der Waals surface area contributed by atoms with E-state index in [2.05, 4.69) is 15.4 Å². The average Bonchev–Trinajstić information content (AvgIpc) is 2.79. The number of anilines is 1. The molecule has 7 heteroatoms. The van der Waals surface area contributed by atoms with Gasteiger partial charge in [-0.05, 0) is 24.3 Å². The number of amides is 1. The number of benzene rings is 1. The molecule has 0 saturated carbocycles. The Morgan fingerprint density at radius 1 is 1.25 bits per heavy atom. The van der Waals surface area contributed by atoms with Crippen molar-refractivity contribution in [2.24, 2.45) is 0 Å². The minimum Gasteiger partial charge on any atom is -0.465 e. The van der Waals surface area contributed by atoms with Crippen molar-refractivity contribution >= 4 is 29.3 Å². The Bertz CT molecular complexity index is 800. The number of aromatic nitrogens is 3. The second kappa shape index (κ2) is 4.82. The summed E-state index contributed by atoms with van der Waals surface area (Å²) in [7, 11) is 0. The molecular formula is C13H9ClN4O2. The normalized spacial score (nSPS) is 10.7. The first kappa shape index (κ1) is 12.4. The minimum atomic E-state index is -1.20. The molecule has 0 aliphatic carbocycles. The zero-order valence-electron chi connectivity index (χ0n) is 10.1. The minimum absolute atomic E-state index is 0.0342. The lowest BCUT2D eigenvalue weighted by molar-refractivity contribution is 0.209. The highest BCUT2D eigenvalue weighted by molar-refractivity contribution is 6.30. The molecule has 0 atom stereocenters. The third kappa shape index (κ3) is 2.28. The third-order valence-electron chi connectivity index (χ3n) is 2.70. The molecule has 100 valence electrons. The van der Waals surface area contributed by atoms with Gasteiger partial charge in [0.2, 0.25) is 0 Å². The van der Waals surface area contributed by atoms with Crippen molar-refractivity contribution in [1.29, 1.82) is 0 Å². The molecule has 3 aromatic rings. The van der Waals surface area contributed by atoms with Crippen LogP contribution < -0.4 is 5.32 Å². The van der Waals surface area contributed by atoms with Crippen LogP contribution >= 0.6 is 11.6 Å². The van der Waals surface area contributed by atoms with Crippen LogP contribution in [0.2, 0.25) is 5.02 Å². The van der Waals surface area contributed by atoms with Gasteiger partial charge >= 0.3 is 6.09 Å². The van der Waals surface area contributed by atoms with Gasteiger partial charge in [0, 0.05) is 10.6 Å². The number of hydrogen-bond acceptors (Lipinski definition) is 3. The summed E-state index contributed by atoms with van der Waals surface area (Å²) in [5.41, 5.74) is 2.19. The first-order chi connectivity index (χ1) is 9.63. The van der Waals surface area contributed by atoms with Crippen LogP contribution in [0.15, 0.2) is 42.5 Å². The molecule has 0 aliphatic heterocycles. The summed E-state index contributed by atoms with van der Waals surface area (Å²) in [5.74, 6) is 0.0342. The second-order valence-corrected chi connectivity index (χ2v) is 4.49. The summed E-state index contributed by atoms with van der Waals surface area (Å²) in [5, 5.41) is 15.6. The van der Waals surface area contributed by atoms with E-state index in [0.717, 1.165) is 11.3 Å². The smallest absolute Gasteiger partial charge is 0.411 e. The standard InChI is InChI=1S/C13H9ClN4O2/c14-9-4-1-3-8(7-9)10-5-2-6-11-15-12(16-13(19)20)17-18(10)11/h1-7H,(H,16,17)(H,19,20). The fourth-order valence-corrected chi connectivity index (χ4v) is 2.11. The summed E-state index contributed by atoms with van der Waals surface area (Å²) >= 11 is 5.98. The van der Waals surface area contributed by atoms with Crippen molar-refractivity contribution in [2.45, 2.75) is 0 Å². The summed E-state index contributed by atoms with van der Waals surface area (Å²) in [6.45, 7) is 0. The molecule has 0 spiro atoms. The van der Waals surface area contributed by atoms with Gasteiger partial charge in [0.15, 0.2) is 5.65 Å². The Morgan fingerprint density at radius 2 is 2.05 bits per heavy atom. The number of carboxylic acid groups (broad SMARTS) is 1. The van der Waals surface area contributed by atoms with E-state index >= 15 is 0 Å². The van der Waals surface area contributed by atoms with Crippen LogP contribution in [0, 0.1) is 0 Å². The zero-order valence-corrected chi connectivity index (χ0v) is 10.9. The number of halogens is 1. The molecule has 2 N–H and O–H groups in total. The lowest BCUT2D eigenvalue weighted by Crippen LogP contribution is -2.08. The van der Waals surface area contributed by atoms with Crippen LogP contribution in [0.4, 0.5) is 10.7 Å². The molecule has 1 aromatic carbocycles. The fourth-order valence-electron chi connectivity index (χ4n) is 1.92. The number of fused-ring (bicyclic) bond motifs is 1. The van der Waals surface area contributed by atoms with E-state index in [-0.39, 0.29) is 5.95 Å². The van der Waals surface area contributed by atoms with Gasteiger partial charge in [0.05, 0.1) is 5.69 Å². The summed E-state index contributed by atoms with van der Waals surface area (Å²) in [4.78, 5) is 14.7. The van der Waals surface area contributed by atoms with Gasteiger partial charge in [0.1, 0.15) is 0 Å². The summed E-state index contributed by atoms with van der Waals surface area (Å²) in [6, 6.07) is 12.7. The summed E-state index contributed by atoms with van der Waals surface area (Å²) in [6.07, 6.45) is -1.20. The quantitative estimate of drug-likeness (QED) is 0.759. The number of nitrogens with zero attached hydrogens (tertiary/aromatic N) is 3. The van der Waals surface area contributed by atoms with Gasteiger partial charge in [-0.25, -0.2) is 9.31 Å². The molecule has 0 saturated heterocycles. The van der Waals surface area contributed by atoms with Gasteiger partial charge in [-0.3, -0.25) is 5.32 Å². The van der Waals surface area contributed by atoms with Crippen molar-refractivity contribution < 1.29 is 9.90 Å². The fraction of sp³-hybridized carbons (Fsp3) is 0. The molecule has 2 heterocycles. The molecular weight excluding hydrogens is 280 g/mol. The third-order valence-corrected chi connectivity index (χ3v) is 2.93. The number of pyridine rings is 1. The molecule has 0 unspecified atom stereocenters. The molecule has 6 nitrogen and oxygen atoms in total. The van der Waals surface area contributed by atoms with E-state index in [4.69, 9.17) is 16.7 Å². The predicted molar refractivity (Wildman–Crippen MR) is 75.1 cm³/mol. The van der Waals surface area contributed by atoms with Crippen LogP contribution in [0.1, 0.15) is 0 Å². The number of nitrogens with one attached hydrogen (secondary N) is 1. The molecule has 0 bridgehead atoms. The molecule has 0 fully saturated rings. The van der Waals surface area contributed by atoms with Crippen LogP contribution in [0.5, 0.6) is 0 Å². The highest BCUT2D eigenvalue weighted by atomic mass is 35.5. The first-order valence-electron chi connectivity index (χ1n) is 5.75. The van der Waals surface area contributed by atoms with Gasteiger partial charge in [-0.2, -0.15) is 4.98 Å². The highest BCUT2D eigenvalue weighted by Crippen LogP contribution is 2.23. The first-order valence-corrected chi connectivity index (χ1v) is 6.13. The van der Waals surface area contributed by atoms with Gasteiger partial charge in [-0.15, -0.1) is 5.10 Å². The Kier molecular flexibility index (Phi) is 3.00. The highest BCUT2D eigenvalue weighted by Gasteiger charge is 2.10. The van der Waals surface area contributed by atoms with Crippen molar-refractivity contribution in [3.63, 3.8) is 0 Å². The molecule has 0 radical (unpaired) electrons. The summed E-state index contributed by atoms with van der Waals surface area (Å²) < 4.78 is 1.57. The van der Waals surface area contributed by atoms with Crippen molar-refractivity contribution in [1.82, 2.24) is 14.6 Å². The number of hydrogen-bond donors (Lipinski definition) is 2. The molecule has 20 heavy (non-hydrogen) atoms. The second-order valence-electron chi connectivity index (χ2n) is 4.06. The van der Waals surface area contributed by atoms with Crippen molar-refractivity contribution in [3.05, 3.63) is 47.5 Å². The van der Waals surface area contributed by atoms with Crippen molar-refractivity contribution in [3.8, 4) is 11.3 Å². The van der Waals surface area contributed by atoms with Gasteiger partial charge < -0.3 is 5.11 Å². The Morgan fingerprint density at radius 3 is 2.80 bits per heavy atom. The van der Waals surface area contributed by atoms with E-state index in [1.165, 1.54) is 0 Å². The molecule has 0 aliphatic rings. The number of carbonyl (C=O) groups is 1. The van der Waals surface area contributed by atoms with Crippen LogP contribution in [0.3, 0.4) is 0 Å². The maximum absolute atomic E-state index is 10.6. The maximum atomic E-state index is 10.6. The van der Waals surface area contributed by atoms with Gasteiger partial charge in [0.25, 0.3) is 5.95 Å². The lowest BCUT2D eigenvalue weighted by atomic mass is 10.1. The SMILES string of the molecule is O=C(O)Nc1nc2cccc(-c3cccc(Cl)c3)n2n1. The zero-order chi connectivity index (χ0) is 14.1. The Hall–Kier alpha value is -2.60. The topological polar surface area (TPSA) is 79.5 Å². The predicted octanol–water partition coefficient (Wildman–Crippen LogP) is 3.14. The molecule has 3 rings (SSSR count). The maximum Gasteiger partial charge on any atom is 0.411 e. The lowest BCUT2D eigenvalue weighted by Gasteiger charge is -2.04. The van der Waals surface area contributed by atoms with E-state index in [1.54, 1.807) is 16.6 Å². The van der Waals surface area contributed by atoms with Crippen LogP contribution in [-0.2, 0) is 0 Å². The van der Waals surface area contributed by atoms with E-state index in [0.29, 0.717) is 10.7 Å². The molecule has 2 aromatic heterocycles.